The molecule has 0 saturated heterocycles. The number of aromatic amines is 1. The highest BCUT2D eigenvalue weighted by Gasteiger charge is 2.26. The molecule has 0 bridgehead atoms. The topological polar surface area (TPSA) is 105 Å². The zero-order chi connectivity index (χ0) is 21.7. The number of Topliss-reactive ketones (excluding diaryl/α,β-unsaturated/α-hetero) is 1. The van der Waals surface area contributed by atoms with Gasteiger partial charge in [0.1, 0.15) is 5.82 Å². The summed E-state index contributed by atoms with van der Waals surface area (Å²) < 4.78 is 14.8. The van der Waals surface area contributed by atoms with Crippen molar-refractivity contribution in [1.29, 1.82) is 0 Å². The van der Waals surface area contributed by atoms with Crippen LogP contribution in [0.2, 0.25) is 0 Å². The number of nitrogens with two attached hydrogens (primary N) is 1. The van der Waals surface area contributed by atoms with Crippen LogP contribution in [0.1, 0.15) is 38.4 Å². The number of hydrogen-bond acceptors (Lipinski definition) is 3. The Labute approximate surface area is 173 Å². The highest BCUT2D eigenvalue weighted by atomic mass is 19.1. The molecule has 0 unspecified atom stereocenters. The predicted molar refractivity (Wildman–Crippen MR) is 112 cm³/mol. The zero-order valence-electron chi connectivity index (χ0n) is 16.5. The monoisotopic (exact) mass is 407 g/mol. The van der Waals surface area contributed by atoms with Crippen molar-refractivity contribution in [3.63, 3.8) is 0 Å². The molecule has 0 aliphatic heterocycles. The third-order valence-corrected chi connectivity index (χ3v) is 4.74. The molecule has 1 aromatic heterocycles. The van der Waals surface area contributed by atoms with Gasteiger partial charge in [0.25, 0.3) is 5.91 Å². The van der Waals surface area contributed by atoms with Gasteiger partial charge < -0.3 is 16.0 Å². The minimum atomic E-state index is -0.548. The second-order valence-electron chi connectivity index (χ2n) is 6.94. The summed E-state index contributed by atoms with van der Waals surface area (Å²) in [6, 6.07) is 13.7. The molecular formula is C23H22FN3O3. The molecule has 0 radical (unpaired) electrons. The van der Waals surface area contributed by atoms with Crippen LogP contribution in [-0.4, -0.2) is 29.1 Å². The first-order chi connectivity index (χ1) is 14.4. The third-order valence-electron chi connectivity index (χ3n) is 4.74. The van der Waals surface area contributed by atoms with E-state index in [1.165, 1.54) is 12.3 Å². The Morgan fingerprint density at radius 2 is 1.77 bits per heavy atom. The number of H-pyrrole nitrogens is 1. The van der Waals surface area contributed by atoms with E-state index in [1.54, 1.807) is 19.1 Å². The molecule has 0 saturated carbocycles. The lowest BCUT2D eigenvalue weighted by Gasteiger charge is -2.12. The molecule has 7 heteroatoms. The molecule has 0 aliphatic rings. The Kier molecular flexibility index (Phi) is 6.41. The second-order valence-corrected chi connectivity index (χ2v) is 6.94. The minimum Gasteiger partial charge on any atom is -0.370 e. The number of carbonyl (C=O) groups is 3. The third kappa shape index (κ3) is 4.63. The zero-order valence-corrected chi connectivity index (χ0v) is 16.5. The molecular weight excluding hydrogens is 385 g/mol. The Hall–Kier alpha value is -3.74. The molecule has 2 amide bonds. The molecule has 2 aromatic carbocycles. The maximum Gasteiger partial charge on any atom is 0.253 e. The fourth-order valence-corrected chi connectivity index (χ4v) is 3.29. The van der Waals surface area contributed by atoms with E-state index < -0.39 is 17.6 Å². The van der Waals surface area contributed by atoms with Gasteiger partial charge in [-0.15, -0.1) is 0 Å². The molecule has 154 valence electrons. The van der Waals surface area contributed by atoms with Crippen LogP contribution in [0, 0.1) is 12.7 Å². The number of aryl methyl sites for hydroxylation is 1. The normalized spacial score (nSPS) is 10.6. The number of hydrogen-bond donors (Lipinski definition) is 3. The van der Waals surface area contributed by atoms with Crippen LogP contribution in [0.4, 0.5) is 4.39 Å². The number of carbonyl (C=O) groups excluding carboxylic acids is 3. The van der Waals surface area contributed by atoms with E-state index >= 15 is 0 Å². The van der Waals surface area contributed by atoms with Gasteiger partial charge in [-0.3, -0.25) is 14.4 Å². The van der Waals surface area contributed by atoms with Crippen molar-refractivity contribution in [3.8, 4) is 11.1 Å². The van der Waals surface area contributed by atoms with Crippen LogP contribution >= 0.6 is 0 Å². The van der Waals surface area contributed by atoms with Crippen molar-refractivity contribution in [1.82, 2.24) is 10.3 Å². The Bertz CT molecular complexity index is 1070. The lowest BCUT2D eigenvalue weighted by atomic mass is 9.93. The summed E-state index contributed by atoms with van der Waals surface area (Å²) in [6.45, 7) is 1.76. The number of halogens is 1. The Morgan fingerprint density at radius 1 is 1.03 bits per heavy atom. The summed E-state index contributed by atoms with van der Waals surface area (Å²) in [7, 11) is 0. The first kappa shape index (κ1) is 21.0. The quantitative estimate of drug-likeness (QED) is 0.500. The van der Waals surface area contributed by atoms with Gasteiger partial charge in [-0.05, 0) is 24.1 Å². The molecule has 0 aliphatic carbocycles. The van der Waals surface area contributed by atoms with Gasteiger partial charge in [0.05, 0.1) is 11.3 Å². The molecule has 0 fully saturated rings. The molecule has 4 N–H and O–H groups in total. The summed E-state index contributed by atoms with van der Waals surface area (Å²) >= 11 is 0. The van der Waals surface area contributed by atoms with Crippen molar-refractivity contribution in [3.05, 3.63) is 82.9 Å². The van der Waals surface area contributed by atoms with Gasteiger partial charge in [0, 0.05) is 36.7 Å². The SMILES string of the molecule is Cc1cccc(F)c1-c1c(C(=O)NCCC(N)=O)c[nH]c1C(=O)Cc1ccccc1. The lowest BCUT2D eigenvalue weighted by Crippen LogP contribution is -2.28. The van der Waals surface area contributed by atoms with Crippen molar-refractivity contribution in [2.24, 2.45) is 5.73 Å². The van der Waals surface area contributed by atoms with Crippen LogP contribution in [0.3, 0.4) is 0 Å². The summed E-state index contributed by atoms with van der Waals surface area (Å²) in [6.07, 6.45) is 1.47. The van der Waals surface area contributed by atoms with Crippen LogP contribution in [-0.2, 0) is 11.2 Å². The smallest absolute Gasteiger partial charge is 0.253 e. The first-order valence-electron chi connectivity index (χ1n) is 9.49. The molecule has 6 nitrogen and oxygen atoms in total. The van der Waals surface area contributed by atoms with Crippen molar-refractivity contribution in [2.45, 2.75) is 19.8 Å². The molecule has 0 atom stereocenters. The van der Waals surface area contributed by atoms with Gasteiger partial charge in [0.2, 0.25) is 5.91 Å². The molecule has 3 rings (SSSR count). The van der Waals surface area contributed by atoms with Gasteiger partial charge in [0.15, 0.2) is 5.78 Å². The van der Waals surface area contributed by atoms with Gasteiger partial charge >= 0.3 is 0 Å². The van der Waals surface area contributed by atoms with Crippen molar-refractivity contribution in [2.75, 3.05) is 6.54 Å². The highest BCUT2D eigenvalue weighted by Crippen LogP contribution is 2.33. The molecule has 1 heterocycles. The number of amides is 2. The fraction of sp³-hybridized carbons (Fsp3) is 0.174. The number of ketones is 1. The van der Waals surface area contributed by atoms with Gasteiger partial charge in [-0.2, -0.15) is 0 Å². The number of primary amides is 1. The van der Waals surface area contributed by atoms with E-state index in [1.807, 2.05) is 30.3 Å². The van der Waals surface area contributed by atoms with Gasteiger partial charge in [-0.1, -0.05) is 42.5 Å². The fourth-order valence-electron chi connectivity index (χ4n) is 3.29. The molecule has 30 heavy (non-hydrogen) atoms. The Morgan fingerprint density at radius 3 is 2.43 bits per heavy atom. The molecule has 3 aromatic rings. The Balaban J connectivity index is 2.03. The minimum absolute atomic E-state index is 0.0238. The van der Waals surface area contributed by atoms with E-state index in [-0.39, 0.29) is 47.6 Å². The standard InChI is InChI=1S/C23H22FN3O3/c1-14-6-5-9-17(24)20(14)21-16(23(30)26-11-10-19(25)29)13-27-22(21)18(28)12-15-7-3-2-4-8-15/h2-9,13,27H,10-12H2,1H3,(H2,25,29)(H,26,30). The first-order valence-corrected chi connectivity index (χ1v) is 9.49. The van der Waals surface area contributed by atoms with Crippen molar-refractivity contribution >= 4 is 17.6 Å². The largest absolute Gasteiger partial charge is 0.370 e. The van der Waals surface area contributed by atoms with Crippen LogP contribution in [0.25, 0.3) is 11.1 Å². The maximum absolute atomic E-state index is 14.8. The van der Waals surface area contributed by atoms with E-state index in [2.05, 4.69) is 10.3 Å². The lowest BCUT2D eigenvalue weighted by molar-refractivity contribution is -0.117. The van der Waals surface area contributed by atoms with Crippen molar-refractivity contribution < 1.29 is 18.8 Å². The maximum atomic E-state index is 14.8. The number of aromatic nitrogens is 1. The number of rotatable bonds is 8. The highest BCUT2D eigenvalue weighted by molar-refractivity contribution is 6.10. The van der Waals surface area contributed by atoms with E-state index in [0.29, 0.717) is 5.56 Å². The average Bonchev–Trinajstić information content (AvgIpc) is 3.13. The van der Waals surface area contributed by atoms with Crippen LogP contribution in [0.15, 0.2) is 54.7 Å². The predicted octanol–water partition coefficient (Wildman–Crippen LogP) is 3.16. The summed E-state index contributed by atoms with van der Waals surface area (Å²) in [5, 5.41) is 2.59. The summed E-state index contributed by atoms with van der Waals surface area (Å²) in [4.78, 5) is 39.5. The second kappa shape index (κ2) is 9.17. The van der Waals surface area contributed by atoms with E-state index in [4.69, 9.17) is 5.73 Å². The summed E-state index contributed by atoms with van der Waals surface area (Å²) in [5.74, 6) is -1.87. The van der Waals surface area contributed by atoms with Crippen LogP contribution < -0.4 is 11.1 Å². The number of benzene rings is 2. The van der Waals surface area contributed by atoms with Gasteiger partial charge in [-0.25, -0.2) is 4.39 Å². The number of nitrogens with one attached hydrogen (secondary N) is 2. The molecule has 0 spiro atoms. The van der Waals surface area contributed by atoms with E-state index in [0.717, 1.165) is 5.56 Å². The van der Waals surface area contributed by atoms with E-state index in [9.17, 15) is 18.8 Å². The average molecular weight is 407 g/mol. The summed E-state index contributed by atoms with van der Waals surface area (Å²) in [5.41, 5.74) is 7.19. The van der Waals surface area contributed by atoms with Crippen LogP contribution in [0.5, 0.6) is 0 Å².